The number of piperazine rings is 1. The van der Waals surface area contributed by atoms with Crippen LogP contribution in [-0.4, -0.2) is 38.4 Å². The molecule has 0 radical (unpaired) electrons. The molecule has 4 nitrogen and oxygen atoms in total. The summed E-state index contributed by atoms with van der Waals surface area (Å²) in [5.74, 6) is -0.386. The summed E-state index contributed by atoms with van der Waals surface area (Å²) in [6.45, 7) is 5.04. The fourth-order valence-corrected chi connectivity index (χ4v) is 3.66. The average Bonchev–Trinajstić information content (AvgIpc) is 2.32. The smallest absolute Gasteiger partial charge is 0.243 e. The molecule has 1 atom stereocenters. The molecule has 1 unspecified atom stereocenters. The van der Waals surface area contributed by atoms with Gasteiger partial charge in [-0.05, 0) is 37.6 Å². The molecule has 1 saturated heterocycles. The zero-order valence-corrected chi connectivity index (χ0v) is 12.5. The highest BCUT2D eigenvalue weighted by molar-refractivity contribution is 7.89. The van der Waals surface area contributed by atoms with Gasteiger partial charge in [0.2, 0.25) is 10.0 Å². The number of sulfonamides is 1. The van der Waals surface area contributed by atoms with Crippen LogP contribution in [0.4, 0.5) is 4.39 Å². The predicted molar refractivity (Wildman–Crippen MR) is 74.6 cm³/mol. The van der Waals surface area contributed by atoms with Crippen molar-refractivity contribution in [2.45, 2.75) is 24.8 Å². The van der Waals surface area contributed by atoms with E-state index in [-0.39, 0.29) is 29.2 Å². The fraction of sp³-hybridized carbons (Fsp3) is 0.500. The minimum atomic E-state index is -3.51. The highest BCUT2D eigenvalue weighted by Crippen LogP contribution is 2.19. The Morgan fingerprint density at radius 1 is 1.42 bits per heavy atom. The number of rotatable bonds is 2. The second kappa shape index (κ2) is 6.17. The van der Waals surface area contributed by atoms with Crippen LogP contribution in [0.3, 0.4) is 0 Å². The Bertz CT molecular complexity index is 551. The third kappa shape index (κ3) is 3.45. The van der Waals surface area contributed by atoms with E-state index in [1.165, 1.54) is 22.5 Å². The Morgan fingerprint density at radius 3 is 2.68 bits per heavy atom. The second-order valence-corrected chi connectivity index (χ2v) is 6.57. The van der Waals surface area contributed by atoms with Crippen molar-refractivity contribution in [3.8, 4) is 0 Å². The van der Waals surface area contributed by atoms with Crippen molar-refractivity contribution >= 4 is 22.4 Å². The van der Waals surface area contributed by atoms with Gasteiger partial charge in [0.25, 0.3) is 0 Å². The van der Waals surface area contributed by atoms with Crippen molar-refractivity contribution in [3.05, 3.63) is 29.6 Å². The zero-order valence-electron chi connectivity index (χ0n) is 10.9. The van der Waals surface area contributed by atoms with Crippen LogP contribution in [0.15, 0.2) is 23.1 Å². The minimum absolute atomic E-state index is 0. The molecule has 0 bridgehead atoms. The monoisotopic (exact) mass is 308 g/mol. The molecule has 0 aromatic heterocycles. The second-order valence-electron chi connectivity index (χ2n) is 4.63. The van der Waals surface area contributed by atoms with Crippen molar-refractivity contribution < 1.29 is 12.8 Å². The Morgan fingerprint density at radius 2 is 2.11 bits per heavy atom. The molecule has 1 aliphatic heterocycles. The number of hydrogen-bond acceptors (Lipinski definition) is 3. The summed E-state index contributed by atoms with van der Waals surface area (Å²) < 4.78 is 39.4. The highest BCUT2D eigenvalue weighted by Gasteiger charge is 2.28. The molecule has 0 amide bonds. The van der Waals surface area contributed by atoms with Gasteiger partial charge in [-0.25, -0.2) is 12.8 Å². The highest BCUT2D eigenvalue weighted by atomic mass is 35.5. The number of nitrogens with one attached hydrogen (secondary N) is 1. The van der Waals surface area contributed by atoms with E-state index < -0.39 is 10.0 Å². The third-order valence-electron chi connectivity index (χ3n) is 3.10. The number of hydrogen-bond donors (Lipinski definition) is 1. The first-order chi connectivity index (χ1) is 8.41. The maximum Gasteiger partial charge on any atom is 0.243 e. The van der Waals surface area contributed by atoms with Crippen LogP contribution in [0.1, 0.15) is 12.5 Å². The molecular formula is C12H18ClFN2O2S. The van der Waals surface area contributed by atoms with Crippen LogP contribution < -0.4 is 5.32 Å². The molecule has 1 fully saturated rings. The van der Waals surface area contributed by atoms with E-state index in [0.29, 0.717) is 25.2 Å². The van der Waals surface area contributed by atoms with Gasteiger partial charge >= 0.3 is 0 Å². The van der Waals surface area contributed by atoms with Crippen molar-refractivity contribution in [3.63, 3.8) is 0 Å². The Labute approximate surface area is 119 Å². The SMILES string of the molecule is Cc1cc(S(=O)(=O)N2CCNC(C)C2)ccc1F.Cl. The number of benzene rings is 1. The quantitative estimate of drug-likeness (QED) is 0.901. The molecule has 1 N–H and O–H groups in total. The van der Waals surface area contributed by atoms with Crippen LogP contribution in [0, 0.1) is 12.7 Å². The van der Waals surface area contributed by atoms with Gasteiger partial charge in [0, 0.05) is 25.7 Å². The number of aryl methyl sites for hydroxylation is 1. The maximum atomic E-state index is 13.2. The van der Waals surface area contributed by atoms with Gasteiger partial charge in [-0.1, -0.05) is 0 Å². The molecule has 1 aliphatic rings. The van der Waals surface area contributed by atoms with Crippen LogP contribution in [0.5, 0.6) is 0 Å². The Kier molecular flexibility index (Phi) is 5.32. The molecule has 1 heterocycles. The van der Waals surface area contributed by atoms with Gasteiger partial charge in [0.15, 0.2) is 0 Å². The first-order valence-corrected chi connectivity index (χ1v) is 7.35. The van der Waals surface area contributed by atoms with E-state index >= 15 is 0 Å². The largest absolute Gasteiger partial charge is 0.312 e. The third-order valence-corrected chi connectivity index (χ3v) is 4.96. The van der Waals surface area contributed by atoms with E-state index in [1.807, 2.05) is 6.92 Å². The first-order valence-electron chi connectivity index (χ1n) is 5.91. The normalized spacial score (nSPS) is 20.9. The summed E-state index contributed by atoms with van der Waals surface area (Å²) in [5.41, 5.74) is 0.347. The molecule has 0 spiro atoms. The van der Waals surface area contributed by atoms with Gasteiger partial charge in [-0.3, -0.25) is 0 Å². The van der Waals surface area contributed by atoms with Crippen LogP contribution in [0.2, 0.25) is 0 Å². The Hall–Kier alpha value is -0.690. The molecule has 0 aliphatic carbocycles. The lowest BCUT2D eigenvalue weighted by molar-refractivity contribution is 0.310. The molecule has 1 aromatic carbocycles. The van der Waals surface area contributed by atoms with Gasteiger partial charge in [-0.15, -0.1) is 12.4 Å². The summed E-state index contributed by atoms with van der Waals surface area (Å²) in [6, 6.07) is 4.05. The summed E-state index contributed by atoms with van der Waals surface area (Å²) in [5, 5.41) is 3.19. The van der Waals surface area contributed by atoms with Crippen LogP contribution >= 0.6 is 12.4 Å². The predicted octanol–water partition coefficient (Wildman–Crippen LogP) is 1.54. The van der Waals surface area contributed by atoms with Crippen molar-refractivity contribution in [2.75, 3.05) is 19.6 Å². The maximum absolute atomic E-state index is 13.2. The number of halogens is 2. The first kappa shape index (κ1) is 16.4. The van der Waals surface area contributed by atoms with Gasteiger partial charge in [0.1, 0.15) is 5.82 Å². The van der Waals surface area contributed by atoms with E-state index in [2.05, 4.69) is 5.32 Å². The standard InChI is InChI=1S/C12H17FN2O2S.ClH/c1-9-7-11(3-4-12(9)13)18(16,17)15-6-5-14-10(2)8-15;/h3-4,7,10,14H,5-6,8H2,1-2H3;1H. The summed E-state index contributed by atoms with van der Waals surface area (Å²) in [7, 11) is -3.51. The van der Waals surface area contributed by atoms with E-state index in [4.69, 9.17) is 0 Å². The lowest BCUT2D eigenvalue weighted by Gasteiger charge is -2.31. The van der Waals surface area contributed by atoms with E-state index in [1.54, 1.807) is 6.92 Å². The van der Waals surface area contributed by atoms with E-state index in [0.717, 1.165) is 0 Å². The van der Waals surface area contributed by atoms with Gasteiger partial charge in [-0.2, -0.15) is 4.31 Å². The molecule has 7 heteroatoms. The van der Waals surface area contributed by atoms with Gasteiger partial charge in [0.05, 0.1) is 4.90 Å². The Balaban J connectivity index is 0.00000180. The van der Waals surface area contributed by atoms with Crippen molar-refractivity contribution in [2.24, 2.45) is 0 Å². The van der Waals surface area contributed by atoms with Crippen molar-refractivity contribution in [1.29, 1.82) is 0 Å². The molecule has 0 saturated carbocycles. The zero-order chi connectivity index (χ0) is 13.3. The van der Waals surface area contributed by atoms with Crippen molar-refractivity contribution in [1.82, 2.24) is 9.62 Å². The van der Waals surface area contributed by atoms with Crippen LogP contribution in [0.25, 0.3) is 0 Å². The topological polar surface area (TPSA) is 49.4 Å². The molecular weight excluding hydrogens is 291 g/mol. The summed E-state index contributed by atoms with van der Waals surface area (Å²) in [6.07, 6.45) is 0. The molecule has 19 heavy (non-hydrogen) atoms. The molecule has 2 rings (SSSR count). The summed E-state index contributed by atoms with van der Waals surface area (Å²) >= 11 is 0. The summed E-state index contributed by atoms with van der Waals surface area (Å²) in [4.78, 5) is 0.163. The number of nitrogens with zero attached hydrogens (tertiary/aromatic N) is 1. The molecule has 108 valence electrons. The average molecular weight is 309 g/mol. The minimum Gasteiger partial charge on any atom is -0.312 e. The van der Waals surface area contributed by atoms with E-state index in [9.17, 15) is 12.8 Å². The fourth-order valence-electron chi connectivity index (χ4n) is 2.04. The van der Waals surface area contributed by atoms with Crippen LogP contribution in [-0.2, 0) is 10.0 Å². The van der Waals surface area contributed by atoms with Gasteiger partial charge < -0.3 is 5.32 Å². The lowest BCUT2D eigenvalue weighted by Crippen LogP contribution is -2.51. The lowest BCUT2D eigenvalue weighted by atomic mass is 10.2. The molecule has 1 aromatic rings.